The average molecular weight is 364 g/mol. The van der Waals surface area contributed by atoms with Crippen molar-refractivity contribution < 1.29 is 14.3 Å². The van der Waals surface area contributed by atoms with Gasteiger partial charge in [0.25, 0.3) is 11.8 Å². The largest absolute Gasteiger partial charge is 0.484 e. The molecule has 0 radical (unpaired) electrons. The Morgan fingerprint density at radius 2 is 1.81 bits per heavy atom. The number of likely N-dealkylation sites (N-methyl/N-ethyl adjacent to an activating group) is 1. The van der Waals surface area contributed by atoms with Gasteiger partial charge in [-0.15, -0.1) is 0 Å². The van der Waals surface area contributed by atoms with Gasteiger partial charge in [0.1, 0.15) is 5.75 Å². The number of hydrogen-bond acceptors (Lipinski definition) is 4. The number of carbonyl (C=O) groups excluding carboxylic acids is 2. The number of carbonyl (C=O) groups is 2. The first kappa shape index (κ1) is 18.2. The van der Waals surface area contributed by atoms with Crippen LogP contribution in [-0.2, 0) is 4.79 Å². The molecule has 0 spiro atoms. The first-order chi connectivity index (χ1) is 13.2. The minimum absolute atomic E-state index is 0.0434. The summed E-state index contributed by atoms with van der Waals surface area (Å²) in [6, 6.07) is 16.4. The van der Waals surface area contributed by atoms with Gasteiger partial charge in [0.15, 0.2) is 6.61 Å². The standard InChI is InChI=1S/C20H20N4O3/c1-2-21-19(25)14-27-18-10-8-16(9-11-18)23-20(26)15-12-22-24(13-15)17-6-4-3-5-7-17/h3-13H,2,14H2,1H3,(H,21,25)(H,23,26). The Kier molecular flexibility index (Phi) is 5.84. The molecule has 3 aromatic rings. The Morgan fingerprint density at radius 3 is 2.52 bits per heavy atom. The minimum atomic E-state index is -0.256. The third kappa shape index (κ3) is 4.94. The molecule has 7 nitrogen and oxygen atoms in total. The molecule has 2 amide bonds. The van der Waals surface area contributed by atoms with E-state index >= 15 is 0 Å². The maximum atomic E-state index is 12.4. The fourth-order valence-corrected chi connectivity index (χ4v) is 2.40. The normalized spacial score (nSPS) is 10.3. The zero-order chi connectivity index (χ0) is 19.1. The Bertz CT molecular complexity index is 904. The molecule has 0 bridgehead atoms. The van der Waals surface area contributed by atoms with Gasteiger partial charge in [-0.25, -0.2) is 4.68 Å². The molecule has 0 atom stereocenters. The molecule has 0 aliphatic carbocycles. The zero-order valence-corrected chi connectivity index (χ0v) is 14.9. The molecule has 0 aliphatic rings. The predicted molar refractivity (Wildman–Crippen MR) is 102 cm³/mol. The fraction of sp³-hybridized carbons (Fsp3) is 0.150. The van der Waals surface area contributed by atoms with E-state index in [4.69, 9.17) is 4.74 Å². The van der Waals surface area contributed by atoms with Crippen molar-refractivity contribution >= 4 is 17.5 Å². The Labute approximate surface area is 157 Å². The second-order valence-corrected chi connectivity index (χ2v) is 5.73. The summed E-state index contributed by atoms with van der Waals surface area (Å²) in [5, 5.41) is 9.68. The van der Waals surface area contributed by atoms with Crippen LogP contribution in [-0.4, -0.2) is 34.7 Å². The number of aromatic nitrogens is 2. The van der Waals surface area contributed by atoms with Crippen molar-refractivity contribution in [1.29, 1.82) is 0 Å². The van der Waals surface area contributed by atoms with E-state index in [1.54, 1.807) is 35.1 Å². The van der Waals surface area contributed by atoms with Crippen LogP contribution in [0.3, 0.4) is 0 Å². The highest BCUT2D eigenvalue weighted by Crippen LogP contribution is 2.17. The summed E-state index contributed by atoms with van der Waals surface area (Å²) < 4.78 is 7.03. The van der Waals surface area contributed by atoms with Gasteiger partial charge in [-0.1, -0.05) is 18.2 Å². The third-order valence-electron chi connectivity index (χ3n) is 3.72. The number of para-hydroxylation sites is 1. The predicted octanol–water partition coefficient (Wildman–Crippen LogP) is 2.64. The fourth-order valence-electron chi connectivity index (χ4n) is 2.40. The van der Waals surface area contributed by atoms with Crippen LogP contribution >= 0.6 is 0 Å². The lowest BCUT2D eigenvalue weighted by Gasteiger charge is -2.08. The lowest BCUT2D eigenvalue weighted by atomic mass is 10.2. The van der Waals surface area contributed by atoms with E-state index in [-0.39, 0.29) is 18.4 Å². The van der Waals surface area contributed by atoms with Crippen LogP contribution in [0.2, 0.25) is 0 Å². The summed E-state index contributed by atoms with van der Waals surface area (Å²) in [4.78, 5) is 23.8. The molecular formula is C20H20N4O3. The van der Waals surface area contributed by atoms with Gasteiger partial charge in [0.2, 0.25) is 0 Å². The smallest absolute Gasteiger partial charge is 0.258 e. The van der Waals surface area contributed by atoms with Crippen molar-refractivity contribution in [1.82, 2.24) is 15.1 Å². The molecular weight excluding hydrogens is 344 g/mol. The molecule has 0 fully saturated rings. The minimum Gasteiger partial charge on any atom is -0.484 e. The van der Waals surface area contributed by atoms with Gasteiger partial charge in [-0.2, -0.15) is 5.10 Å². The highest BCUT2D eigenvalue weighted by Gasteiger charge is 2.10. The van der Waals surface area contributed by atoms with Crippen LogP contribution in [0.1, 0.15) is 17.3 Å². The van der Waals surface area contributed by atoms with Crippen LogP contribution in [0.25, 0.3) is 5.69 Å². The molecule has 3 rings (SSSR count). The van der Waals surface area contributed by atoms with Crippen LogP contribution in [0.4, 0.5) is 5.69 Å². The molecule has 7 heteroatoms. The third-order valence-corrected chi connectivity index (χ3v) is 3.72. The summed E-state index contributed by atoms with van der Waals surface area (Å²) >= 11 is 0. The summed E-state index contributed by atoms with van der Waals surface area (Å²) in [6.45, 7) is 2.37. The molecule has 0 saturated carbocycles. The van der Waals surface area contributed by atoms with E-state index in [0.717, 1.165) is 5.69 Å². The van der Waals surface area contributed by atoms with Gasteiger partial charge in [-0.05, 0) is 43.3 Å². The maximum absolute atomic E-state index is 12.4. The van der Waals surface area contributed by atoms with Gasteiger partial charge in [0.05, 0.1) is 17.4 Å². The number of anilines is 1. The molecule has 1 heterocycles. The van der Waals surface area contributed by atoms with E-state index in [9.17, 15) is 9.59 Å². The summed E-state index contributed by atoms with van der Waals surface area (Å²) in [5.74, 6) is 0.120. The van der Waals surface area contributed by atoms with Crippen molar-refractivity contribution in [3.8, 4) is 11.4 Å². The molecule has 1 aromatic heterocycles. The first-order valence-corrected chi connectivity index (χ1v) is 8.56. The zero-order valence-electron chi connectivity index (χ0n) is 14.9. The van der Waals surface area contributed by atoms with Crippen molar-refractivity contribution in [3.63, 3.8) is 0 Å². The number of nitrogens with one attached hydrogen (secondary N) is 2. The molecule has 0 saturated heterocycles. The van der Waals surface area contributed by atoms with Crippen molar-refractivity contribution in [2.24, 2.45) is 0 Å². The van der Waals surface area contributed by atoms with E-state index in [2.05, 4.69) is 15.7 Å². The maximum Gasteiger partial charge on any atom is 0.258 e. The molecule has 0 unspecified atom stereocenters. The molecule has 2 N–H and O–H groups in total. The summed E-state index contributed by atoms with van der Waals surface area (Å²) in [7, 11) is 0. The SMILES string of the molecule is CCNC(=O)COc1ccc(NC(=O)c2cnn(-c3ccccc3)c2)cc1. The Hall–Kier alpha value is -3.61. The number of amides is 2. The van der Waals surface area contributed by atoms with Gasteiger partial charge in [0, 0.05) is 18.4 Å². The highest BCUT2D eigenvalue weighted by molar-refractivity contribution is 6.04. The van der Waals surface area contributed by atoms with Crippen molar-refractivity contribution in [2.45, 2.75) is 6.92 Å². The molecule has 0 aliphatic heterocycles. The van der Waals surface area contributed by atoms with Gasteiger partial charge in [-0.3, -0.25) is 9.59 Å². The second kappa shape index (κ2) is 8.66. The van der Waals surface area contributed by atoms with E-state index in [1.165, 1.54) is 6.20 Å². The van der Waals surface area contributed by atoms with Crippen LogP contribution < -0.4 is 15.4 Å². The topological polar surface area (TPSA) is 85.2 Å². The lowest BCUT2D eigenvalue weighted by Crippen LogP contribution is -2.28. The number of nitrogens with zero attached hydrogens (tertiary/aromatic N) is 2. The van der Waals surface area contributed by atoms with E-state index in [0.29, 0.717) is 23.5 Å². The molecule has 2 aromatic carbocycles. The first-order valence-electron chi connectivity index (χ1n) is 8.56. The summed E-state index contributed by atoms with van der Waals surface area (Å²) in [6.07, 6.45) is 3.20. The van der Waals surface area contributed by atoms with Crippen LogP contribution in [0, 0.1) is 0 Å². The van der Waals surface area contributed by atoms with Gasteiger partial charge < -0.3 is 15.4 Å². The monoisotopic (exact) mass is 364 g/mol. The number of rotatable bonds is 7. The highest BCUT2D eigenvalue weighted by atomic mass is 16.5. The van der Waals surface area contributed by atoms with Crippen LogP contribution in [0.5, 0.6) is 5.75 Å². The number of hydrogen-bond donors (Lipinski definition) is 2. The Morgan fingerprint density at radius 1 is 1.07 bits per heavy atom. The second-order valence-electron chi connectivity index (χ2n) is 5.73. The van der Waals surface area contributed by atoms with Gasteiger partial charge >= 0.3 is 0 Å². The lowest BCUT2D eigenvalue weighted by molar-refractivity contribution is -0.122. The van der Waals surface area contributed by atoms with Crippen LogP contribution in [0.15, 0.2) is 67.0 Å². The molecule has 138 valence electrons. The summed E-state index contributed by atoms with van der Waals surface area (Å²) in [5.41, 5.74) is 1.96. The van der Waals surface area contributed by atoms with E-state index < -0.39 is 0 Å². The quantitative estimate of drug-likeness (QED) is 0.675. The molecule has 27 heavy (non-hydrogen) atoms. The van der Waals surface area contributed by atoms with E-state index in [1.807, 2.05) is 37.3 Å². The van der Waals surface area contributed by atoms with Crippen molar-refractivity contribution in [3.05, 3.63) is 72.6 Å². The number of benzene rings is 2. The average Bonchev–Trinajstić information content (AvgIpc) is 3.19. The number of ether oxygens (including phenoxy) is 1. The Balaban J connectivity index is 1.58. The van der Waals surface area contributed by atoms with Crippen molar-refractivity contribution in [2.75, 3.05) is 18.5 Å².